The molecule has 3 rings (SSSR count). The van der Waals surface area contributed by atoms with Crippen LogP contribution in [-0.2, 0) is 6.54 Å². The summed E-state index contributed by atoms with van der Waals surface area (Å²) in [5, 5.41) is 10.1. The second kappa shape index (κ2) is 7.91. The van der Waals surface area contributed by atoms with E-state index in [9.17, 15) is 9.90 Å². The highest BCUT2D eigenvalue weighted by Gasteiger charge is 2.29. The third-order valence-electron chi connectivity index (χ3n) is 4.99. The number of rotatable bonds is 5. The number of likely N-dealkylation sites (tertiary alicyclic amines) is 1. The minimum atomic E-state index is -0.0951. The van der Waals surface area contributed by atoms with Crippen LogP contribution < -0.4 is 0 Å². The smallest absolute Gasteiger partial charge is 0.257 e. The van der Waals surface area contributed by atoms with Gasteiger partial charge in [-0.3, -0.25) is 4.79 Å². The quantitative estimate of drug-likeness (QED) is 0.894. The molecule has 0 spiro atoms. The summed E-state index contributed by atoms with van der Waals surface area (Å²) in [5.41, 5.74) is 1.36. The maximum absolute atomic E-state index is 12.9. The fourth-order valence-corrected chi connectivity index (χ4v) is 3.54. The van der Waals surface area contributed by atoms with Crippen molar-refractivity contribution >= 4 is 5.91 Å². The Morgan fingerprint density at radius 3 is 2.96 bits per heavy atom. The van der Waals surface area contributed by atoms with E-state index < -0.39 is 0 Å². The molecule has 0 radical (unpaired) electrons. The van der Waals surface area contributed by atoms with Crippen molar-refractivity contribution < 1.29 is 9.90 Å². The molecule has 6 heteroatoms. The molecule has 1 aliphatic rings. The highest BCUT2D eigenvalue weighted by atomic mass is 16.3. The van der Waals surface area contributed by atoms with Crippen molar-refractivity contribution in [2.45, 2.75) is 32.2 Å². The number of hydrogen-bond donors (Lipinski definition) is 1. The fraction of sp³-hybridized carbons (Fsp3) is 0.500. The lowest BCUT2D eigenvalue weighted by Gasteiger charge is -2.33. The molecule has 1 aromatic heterocycles. The van der Waals surface area contributed by atoms with Gasteiger partial charge in [-0.1, -0.05) is 11.6 Å². The maximum atomic E-state index is 12.9. The van der Waals surface area contributed by atoms with Gasteiger partial charge in [0.25, 0.3) is 5.91 Å². The molecular formula is C20H28N4O2. The highest BCUT2D eigenvalue weighted by Crippen LogP contribution is 2.28. The van der Waals surface area contributed by atoms with Crippen LogP contribution in [0.15, 0.2) is 30.6 Å². The molecule has 140 valence electrons. The van der Waals surface area contributed by atoms with Gasteiger partial charge in [-0.2, -0.15) is 0 Å². The lowest BCUT2D eigenvalue weighted by atomic mass is 9.96. The van der Waals surface area contributed by atoms with E-state index in [1.807, 2.05) is 30.3 Å². The highest BCUT2D eigenvalue weighted by molar-refractivity contribution is 5.97. The van der Waals surface area contributed by atoms with Gasteiger partial charge in [-0.05, 0) is 46.0 Å². The number of amides is 1. The predicted octanol–water partition coefficient (Wildman–Crippen LogP) is 2.48. The van der Waals surface area contributed by atoms with Gasteiger partial charge in [0.2, 0.25) is 0 Å². The molecule has 0 unspecified atom stereocenters. The molecule has 1 amide bonds. The largest absolute Gasteiger partial charge is 0.507 e. The Balaban J connectivity index is 1.75. The van der Waals surface area contributed by atoms with E-state index in [-0.39, 0.29) is 17.6 Å². The normalized spacial score (nSPS) is 17.7. The van der Waals surface area contributed by atoms with E-state index in [4.69, 9.17) is 0 Å². The van der Waals surface area contributed by atoms with E-state index in [0.717, 1.165) is 43.9 Å². The zero-order valence-corrected chi connectivity index (χ0v) is 15.9. The lowest BCUT2D eigenvalue weighted by Crippen LogP contribution is -2.40. The molecule has 1 fully saturated rings. The molecule has 1 aromatic carbocycles. The van der Waals surface area contributed by atoms with Gasteiger partial charge in [0.05, 0.1) is 5.56 Å². The molecule has 0 bridgehead atoms. The van der Waals surface area contributed by atoms with Crippen LogP contribution in [0.4, 0.5) is 0 Å². The Hall–Kier alpha value is -2.34. The summed E-state index contributed by atoms with van der Waals surface area (Å²) in [4.78, 5) is 21.5. The summed E-state index contributed by atoms with van der Waals surface area (Å²) in [6.45, 7) is 5.14. The second-order valence-corrected chi connectivity index (χ2v) is 7.39. The Morgan fingerprint density at radius 2 is 2.19 bits per heavy atom. The number of benzene rings is 1. The van der Waals surface area contributed by atoms with Crippen LogP contribution in [0.3, 0.4) is 0 Å². The molecule has 1 aliphatic heterocycles. The Kier molecular flexibility index (Phi) is 5.61. The van der Waals surface area contributed by atoms with Crippen molar-refractivity contribution in [3.63, 3.8) is 0 Å². The predicted molar refractivity (Wildman–Crippen MR) is 102 cm³/mol. The number of piperidine rings is 1. The van der Waals surface area contributed by atoms with Crippen LogP contribution in [0.2, 0.25) is 0 Å². The summed E-state index contributed by atoms with van der Waals surface area (Å²) in [6, 6.07) is 5.17. The van der Waals surface area contributed by atoms with Crippen LogP contribution in [0.5, 0.6) is 5.75 Å². The maximum Gasteiger partial charge on any atom is 0.257 e. The average molecular weight is 356 g/mol. The first-order chi connectivity index (χ1) is 12.5. The molecule has 1 N–H and O–H groups in total. The molecule has 2 aromatic rings. The van der Waals surface area contributed by atoms with Crippen molar-refractivity contribution in [2.75, 3.05) is 33.7 Å². The SMILES string of the molecule is Cc1ccc(O)c(C(=O)N2CCC[C@@H](c3nccn3CCN(C)C)C2)c1. The number of carbonyl (C=O) groups excluding carboxylic acids is 1. The van der Waals surface area contributed by atoms with E-state index >= 15 is 0 Å². The van der Waals surface area contributed by atoms with Crippen molar-refractivity contribution in [1.82, 2.24) is 19.4 Å². The third-order valence-corrected chi connectivity index (χ3v) is 4.99. The first kappa shape index (κ1) is 18.5. The van der Waals surface area contributed by atoms with Crippen molar-refractivity contribution in [1.29, 1.82) is 0 Å². The van der Waals surface area contributed by atoms with Crippen LogP contribution in [0.25, 0.3) is 0 Å². The van der Waals surface area contributed by atoms with Crippen LogP contribution in [-0.4, -0.2) is 64.1 Å². The molecule has 2 heterocycles. The minimum Gasteiger partial charge on any atom is -0.507 e. The number of aromatic nitrogens is 2. The summed E-state index contributed by atoms with van der Waals surface area (Å²) in [5.74, 6) is 1.24. The molecule has 1 saturated heterocycles. The molecule has 26 heavy (non-hydrogen) atoms. The summed E-state index contributed by atoms with van der Waals surface area (Å²) in [6.07, 6.45) is 5.84. The van der Waals surface area contributed by atoms with Gasteiger partial charge in [0.1, 0.15) is 11.6 Å². The van der Waals surface area contributed by atoms with E-state index in [1.165, 1.54) is 0 Å². The molecule has 0 aliphatic carbocycles. The number of likely N-dealkylation sites (N-methyl/N-ethyl adjacent to an activating group) is 1. The van der Waals surface area contributed by atoms with Gasteiger partial charge < -0.3 is 19.5 Å². The standard InChI is InChI=1S/C20H28N4O2/c1-15-6-7-18(25)17(13-15)20(26)24-9-4-5-16(14-24)19-21-8-10-23(19)12-11-22(2)3/h6-8,10,13,16,25H,4-5,9,11-12,14H2,1-3H3/t16-/m1/s1. The van der Waals surface area contributed by atoms with Crippen LogP contribution in [0, 0.1) is 6.92 Å². The number of carbonyl (C=O) groups is 1. The van der Waals surface area contributed by atoms with Gasteiger partial charge in [0.15, 0.2) is 0 Å². The Morgan fingerprint density at radius 1 is 1.38 bits per heavy atom. The number of hydrogen-bond acceptors (Lipinski definition) is 4. The average Bonchev–Trinajstić information content (AvgIpc) is 3.10. The monoisotopic (exact) mass is 356 g/mol. The minimum absolute atomic E-state index is 0.0511. The molecule has 1 atom stereocenters. The topological polar surface area (TPSA) is 61.6 Å². The zero-order chi connectivity index (χ0) is 18.7. The van der Waals surface area contributed by atoms with Crippen molar-refractivity contribution in [2.24, 2.45) is 0 Å². The molecular weight excluding hydrogens is 328 g/mol. The van der Waals surface area contributed by atoms with E-state index in [2.05, 4.69) is 28.5 Å². The number of aromatic hydroxyl groups is 1. The number of phenolic OH excluding ortho intramolecular Hbond substituents is 1. The zero-order valence-electron chi connectivity index (χ0n) is 15.9. The van der Waals surface area contributed by atoms with Crippen LogP contribution >= 0.6 is 0 Å². The van der Waals surface area contributed by atoms with E-state index in [0.29, 0.717) is 12.1 Å². The van der Waals surface area contributed by atoms with E-state index in [1.54, 1.807) is 12.1 Å². The first-order valence-electron chi connectivity index (χ1n) is 9.20. The number of phenols is 1. The van der Waals surface area contributed by atoms with Crippen molar-refractivity contribution in [3.8, 4) is 5.75 Å². The third kappa shape index (κ3) is 4.07. The first-order valence-corrected chi connectivity index (χ1v) is 9.20. The summed E-state index contributed by atoms with van der Waals surface area (Å²) >= 11 is 0. The van der Waals surface area contributed by atoms with Gasteiger partial charge in [-0.25, -0.2) is 4.98 Å². The van der Waals surface area contributed by atoms with Gasteiger partial charge in [-0.15, -0.1) is 0 Å². The Bertz CT molecular complexity index is 769. The van der Waals surface area contributed by atoms with Crippen molar-refractivity contribution in [3.05, 3.63) is 47.5 Å². The van der Waals surface area contributed by atoms with Gasteiger partial charge >= 0.3 is 0 Å². The number of imidazole rings is 1. The molecule has 0 saturated carbocycles. The lowest BCUT2D eigenvalue weighted by molar-refractivity contribution is 0.0700. The summed E-state index contributed by atoms with van der Waals surface area (Å²) in [7, 11) is 4.12. The fourth-order valence-electron chi connectivity index (χ4n) is 3.54. The summed E-state index contributed by atoms with van der Waals surface area (Å²) < 4.78 is 2.20. The van der Waals surface area contributed by atoms with Gasteiger partial charge in [0, 0.05) is 44.5 Å². The second-order valence-electron chi connectivity index (χ2n) is 7.39. The Labute approximate surface area is 155 Å². The number of nitrogens with zero attached hydrogens (tertiary/aromatic N) is 4. The molecule has 6 nitrogen and oxygen atoms in total. The van der Waals surface area contributed by atoms with Crippen LogP contribution in [0.1, 0.15) is 40.5 Å². The number of aryl methyl sites for hydroxylation is 1.